The zero-order chi connectivity index (χ0) is 23.1. The molecular formula is C25H30N4O3. The van der Waals surface area contributed by atoms with E-state index in [0.717, 1.165) is 16.8 Å². The molecule has 3 rings (SSSR count). The molecule has 0 radical (unpaired) electrons. The minimum atomic E-state index is -0.604. The van der Waals surface area contributed by atoms with Gasteiger partial charge in [-0.15, -0.1) is 0 Å². The van der Waals surface area contributed by atoms with Gasteiger partial charge in [-0.05, 0) is 51.0 Å². The third-order valence-corrected chi connectivity index (χ3v) is 4.83. The van der Waals surface area contributed by atoms with Gasteiger partial charge in [0.15, 0.2) is 0 Å². The van der Waals surface area contributed by atoms with Crippen LogP contribution in [0.2, 0.25) is 0 Å². The van der Waals surface area contributed by atoms with Gasteiger partial charge in [0.2, 0.25) is 5.91 Å². The van der Waals surface area contributed by atoms with E-state index in [0.29, 0.717) is 12.1 Å². The Morgan fingerprint density at radius 3 is 2.47 bits per heavy atom. The molecule has 0 fully saturated rings. The van der Waals surface area contributed by atoms with E-state index in [1.54, 1.807) is 31.6 Å². The number of nitrogens with zero attached hydrogens (tertiary/aromatic N) is 2. The van der Waals surface area contributed by atoms with E-state index in [1.807, 2.05) is 67.7 Å². The molecule has 0 aliphatic carbocycles. The van der Waals surface area contributed by atoms with Crippen molar-refractivity contribution in [3.05, 3.63) is 72.4 Å². The summed E-state index contributed by atoms with van der Waals surface area (Å²) >= 11 is 0. The highest BCUT2D eigenvalue weighted by atomic mass is 16.6. The largest absolute Gasteiger partial charge is 0.444 e. The maximum Gasteiger partial charge on any atom is 0.407 e. The number of aromatic nitrogens is 2. The van der Waals surface area contributed by atoms with Crippen molar-refractivity contribution in [1.82, 2.24) is 15.1 Å². The van der Waals surface area contributed by atoms with E-state index in [-0.39, 0.29) is 12.5 Å². The van der Waals surface area contributed by atoms with Crippen LogP contribution in [-0.2, 0) is 23.0 Å². The Kier molecular flexibility index (Phi) is 7.30. The van der Waals surface area contributed by atoms with Crippen molar-refractivity contribution < 1.29 is 14.3 Å². The van der Waals surface area contributed by atoms with Gasteiger partial charge < -0.3 is 15.4 Å². The molecule has 2 N–H and O–H groups in total. The maximum absolute atomic E-state index is 13.2. The van der Waals surface area contributed by atoms with E-state index in [2.05, 4.69) is 15.7 Å². The molecule has 7 heteroatoms. The molecule has 0 saturated carbocycles. The molecule has 1 heterocycles. The molecule has 3 aromatic rings. The molecule has 1 aromatic heterocycles. The van der Waals surface area contributed by atoms with Crippen LogP contribution < -0.4 is 10.6 Å². The Morgan fingerprint density at radius 2 is 1.81 bits per heavy atom. The monoisotopic (exact) mass is 434 g/mol. The zero-order valence-electron chi connectivity index (χ0n) is 19.0. The predicted octanol–water partition coefficient (Wildman–Crippen LogP) is 4.41. The first kappa shape index (κ1) is 23.1. The summed E-state index contributed by atoms with van der Waals surface area (Å²) in [5.74, 6) is -0.641. The van der Waals surface area contributed by atoms with E-state index in [9.17, 15) is 9.59 Å². The van der Waals surface area contributed by atoms with Gasteiger partial charge in [0.05, 0.1) is 11.6 Å². The predicted molar refractivity (Wildman–Crippen MR) is 125 cm³/mol. The lowest BCUT2D eigenvalue weighted by atomic mass is 9.98. The van der Waals surface area contributed by atoms with Gasteiger partial charge in [0.25, 0.3) is 0 Å². The van der Waals surface area contributed by atoms with Crippen LogP contribution in [0.3, 0.4) is 0 Å². The highest BCUT2D eigenvalue weighted by molar-refractivity contribution is 5.93. The first-order chi connectivity index (χ1) is 15.2. The van der Waals surface area contributed by atoms with Crippen LogP contribution >= 0.6 is 0 Å². The van der Waals surface area contributed by atoms with Gasteiger partial charge in [0.1, 0.15) is 5.60 Å². The van der Waals surface area contributed by atoms with E-state index >= 15 is 0 Å². The smallest absolute Gasteiger partial charge is 0.407 e. The van der Waals surface area contributed by atoms with Crippen LogP contribution in [0.25, 0.3) is 11.3 Å². The molecule has 32 heavy (non-hydrogen) atoms. The van der Waals surface area contributed by atoms with Crippen molar-refractivity contribution in [3.63, 3.8) is 0 Å². The van der Waals surface area contributed by atoms with Gasteiger partial charge in [-0.1, -0.05) is 42.5 Å². The number of carbonyl (C=O) groups is 2. The Morgan fingerprint density at radius 1 is 1.06 bits per heavy atom. The quantitative estimate of drug-likeness (QED) is 0.577. The molecule has 0 saturated heterocycles. The molecule has 1 atom stereocenters. The second kappa shape index (κ2) is 10.1. The van der Waals surface area contributed by atoms with Crippen molar-refractivity contribution in [2.24, 2.45) is 13.0 Å². The molecule has 2 aromatic carbocycles. The number of alkyl carbamates (subject to hydrolysis) is 1. The number of anilines is 1. The summed E-state index contributed by atoms with van der Waals surface area (Å²) in [6, 6.07) is 19.3. The minimum absolute atomic E-state index is 0.164. The number of ether oxygens (including phenoxy) is 1. The zero-order valence-corrected chi connectivity index (χ0v) is 19.0. The highest BCUT2D eigenvalue weighted by Gasteiger charge is 2.22. The van der Waals surface area contributed by atoms with E-state index < -0.39 is 17.6 Å². The number of aryl methyl sites for hydroxylation is 1. The summed E-state index contributed by atoms with van der Waals surface area (Å²) in [4.78, 5) is 25.3. The molecular weight excluding hydrogens is 404 g/mol. The van der Waals surface area contributed by atoms with Crippen molar-refractivity contribution >= 4 is 17.7 Å². The van der Waals surface area contributed by atoms with Crippen molar-refractivity contribution in [1.29, 1.82) is 0 Å². The van der Waals surface area contributed by atoms with Crippen LogP contribution in [0.4, 0.5) is 10.5 Å². The number of benzene rings is 2. The topological polar surface area (TPSA) is 85.3 Å². The maximum atomic E-state index is 13.2. The standard InChI is InChI=1S/C25H30N4O3/c1-25(2,3)32-24(31)26-17-20(15-18-9-6-5-7-10-18)23(30)28-21-12-8-11-19(16-21)22-13-14-27-29(22)4/h5-14,16,20H,15,17H2,1-4H3,(H,26,31)(H,28,30). The van der Waals surface area contributed by atoms with Crippen molar-refractivity contribution in [2.75, 3.05) is 11.9 Å². The number of hydrogen-bond acceptors (Lipinski definition) is 4. The third kappa shape index (κ3) is 6.70. The van der Waals surface area contributed by atoms with Gasteiger partial charge >= 0.3 is 6.09 Å². The fraction of sp³-hybridized carbons (Fsp3) is 0.320. The number of carbonyl (C=O) groups excluding carboxylic acids is 2. The fourth-order valence-corrected chi connectivity index (χ4v) is 3.33. The van der Waals surface area contributed by atoms with Gasteiger partial charge in [-0.3, -0.25) is 9.48 Å². The average Bonchev–Trinajstić information content (AvgIpc) is 3.16. The second-order valence-electron chi connectivity index (χ2n) is 8.68. The van der Waals surface area contributed by atoms with Crippen molar-refractivity contribution in [3.8, 4) is 11.3 Å². The first-order valence-corrected chi connectivity index (χ1v) is 10.6. The minimum Gasteiger partial charge on any atom is -0.444 e. The lowest BCUT2D eigenvalue weighted by molar-refractivity contribution is -0.119. The number of amides is 2. The highest BCUT2D eigenvalue weighted by Crippen LogP contribution is 2.22. The SMILES string of the molecule is Cn1nccc1-c1cccc(NC(=O)C(CNC(=O)OC(C)(C)C)Cc2ccccc2)c1. The van der Waals surface area contributed by atoms with E-state index in [1.165, 1.54) is 0 Å². The molecule has 1 unspecified atom stereocenters. The number of hydrogen-bond donors (Lipinski definition) is 2. The Hall–Kier alpha value is -3.61. The van der Waals surface area contributed by atoms with Crippen LogP contribution in [0.1, 0.15) is 26.3 Å². The van der Waals surface area contributed by atoms with Gasteiger partial charge in [0, 0.05) is 31.0 Å². The average molecular weight is 435 g/mol. The van der Waals surface area contributed by atoms with Crippen LogP contribution in [0.5, 0.6) is 0 Å². The van der Waals surface area contributed by atoms with Crippen LogP contribution in [0.15, 0.2) is 66.9 Å². The normalized spacial score (nSPS) is 12.1. The second-order valence-corrected chi connectivity index (χ2v) is 8.68. The Labute approximate surface area is 188 Å². The summed E-state index contributed by atoms with van der Waals surface area (Å²) in [7, 11) is 1.87. The lowest BCUT2D eigenvalue weighted by Gasteiger charge is -2.22. The van der Waals surface area contributed by atoms with Crippen molar-refractivity contribution in [2.45, 2.75) is 32.8 Å². The molecule has 0 aliphatic heterocycles. The molecule has 0 bridgehead atoms. The van der Waals surface area contributed by atoms with Crippen LogP contribution in [-0.4, -0.2) is 33.9 Å². The summed E-state index contributed by atoms with van der Waals surface area (Å²) in [5.41, 5.74) is 3.00. The molecule has 2 amide bonds. The molecule has 168 valence electrons. The Balaban J connectivity index is 1.73. The Bertz CT molecular complexity index is 1050. The lowest BCUT2D eigenvalue weighted by Crippen LogP contribution is -2.39. The van der Waals surface area contributed by atoms with E-state index in [4.69, 9.17) is 4.74 Å². The fourth-order valence-electron chi connectivity index (χ4n) is 3.33. The third-order valence-electron chi connectivity index (χ3n) is 4.83. The number of nitrogens with one attached hydrogen (secondary N) is 2. The summed E-state index contributed by atoms with van der Waals surface area (Å²) in [5, 5.41) is 9.93. The van der Waals surface area contributed by atoms with Crippen LogP contribution in [0, 0.1) is 5.92 Å². The molecule has 0 aliphatic rings. The summed E-state index contributed by atoms with van der Waals surface area (Å²) in [6.45, 7) is 5.57. The van der Waals surface area contributed by atoms with Gasteiger partial charge in [-0.2, -0.15) is 5.10 Å². The summed E-state index contributed by atoms with van der Waals surface area (Å²) < 4.78 is 7.10. The summed E-state index contributed by atoms with van der Waals surface area (Å²) in [6.07, 6.45) is 1.68. The number of rotatable bonds is 7. The molecule has 7 nitrogen and oxygen atoms in total. The van der Waals surface area contributed by atoms with Gasteiger partial charge in [-0.25, -0.2) is 4.79 Å². The first-order valence-electron chi connectivity index (χ1n) is 10.6. The molecule has 0 spiro atoms.